The molecule has 7 aromatic carbocycles. The van der Waals surface area contributed by atoms with Crippen LogP contribution >= 0.6 is 0 Å². The van der Waals surface area contributed by atoms with Crippen LogP contribution in [0.1, 0.15) is 168 Å². The molecule has 5 aliphatic heterocycles. The van der Waals surface area contributed by atoms with Crippen molar-refractivity contribution in [3.05, 3.63) is 256 Å². The van der Waals surface area contributed by atoms with Crippen molar-refractivity contribution < 1.29 is 32.3 Å². The topological polar surface area (TPSA) is 222 Å². The highest BCUT2D eigenvalue weighted by Crippen LogP contribution is 2.46. The van der Waals surface area contributed by atoms with Gasteiger partial charge in [-0.15, -0.1) is 0 Å². The minimum Gasteiger partial charge on any atom is -0.371 e. The van der Waals surface area contributed by atoms with Gasteiger partial charge in [-0.25, -0.2) is 28.5 Å². The molecule has 548 valence electrons. The van der Waals surface area contributed by atoms with Crippen LogP contribution in [0.4, 0.5) is 18.9 Å². The van der Waals surface area contributed by atoms with Crippen LogP contribution < -0.4 is 21.6 Å². The summed E-state index contributed by atoms with van der Waals surface area (Å²) in [6.07, 6.45) is 16.0. The minimum absolute atomic E-state index is 0. The molecular weight excluding hydrogens is 1340 g/mol. The Morgan fingerprint density at radius 3 is 1.08 bits per heavy atom. The predicted octanol–water partition coefficient (Wildman–Crippen LogP) is 13.7. The van der Waals surface area contributed by atoms with Crippen molar-refractivity contribution >= 4 is 61.6 Å². The van der Waals surface area contributed by atoms with Gasteiger partial charge in [-0.05, 0) is 177 Å². The lowest BCUT2D eigenvalue weighted by molar-refractivity contribution is -0.134. The van der Waals surface area contributed by atoms with Crippen LogP contribution in [-0.2, 0) is 24.1 Å². The van der Waals surface area contributed by atoms with E-state index in [2.05, 4.69) is 66.7 Å². The smallest absolute Gasteiger partial charge is 0.272 e. The Balaban J connectivity index is 0.000000134. The van der Waals surface area contributed by atoms with Crippen molar-refractivity contribution in [2.24, 2.45) is 22.2 Å². The van der Waals surface area contributed by atoms with Crippen molar-refractivity contribution in [1.82, 2.24) is 50.2 Å². The van der Waals surface area contributed by atoms with Crippen LogP contribution in [0.5, 0.6) is 0 Å². The van der Waals surface area contributed by atoms with Gasteiger partial charge in [0.15, 0.2) is 0 Å². The van der Waals surface area contributed by atoms with Gasteiger partial charge < -0.3 is 24.5 Å². The number of hydrogen-bond acceptors (Lipinski definition) is 11. The molecule has 2 aliphatic carbocycles. The van der Waals surface area contributed by atoms with E-state index in [1.807, 2.05) is 63.2 Å². The number of aromatic amines is 3. The number of halogens is 3. The second-order valence-electron chi connectivity index (χ2n) is 30.5. The molecule has 7 aliphatic rings. The summed E-state index contributed by atoms with van der Waals surface area (Å²) in [6, 6.07) is 44.4. The number of likely N-dealkylation sites (tertiary alicyclic amines) is 4. The first-order valence-electron chi connectivity index (χ1n) is 37.1. The van der Waals surface area contributed by atoms with Crippen molar-refractivity contribution in [2.75, 3.05) is 70.3 Å². The molecule has 0 unspecified atom stereocenters. The summed E-state index contributed by atoms with van der Waals surface area (Å²) < 4.78 is 44.4. The van der Waals surface area contributed by atoms with Gasteiger partial charge in [0.25, 0.3) is 34.4 Å². The third-order valence-corrected chi connectivity index (χ3v) is 23.6. The van der Waals surface area contributed by atoms with Crippen molar-refractivity contribution in [3.63, 3.8) is 0 Å². The summed E-state index contributed by atoms with van der Waals surface area (Å²) in [4.78, 5) is 98.6. The molecule has 5 saturated heterocycles. The third kappa shape index (κ3) is 15.3. The number of piperidine rings is 2. The quantitative estimate of drug-likeness (QED) is 0.110. The number of nitrogens with one attached hydrogen (secondary N) is 3. The molecule has 0 radical (unpaired) electrons. The molecule has 0 atom stereocenters. The zero-order chi connectivity index (χ0) is 72.6. The van der Waals surface area contributed by atoms with Gasteiger partial charge in [-0.1, -0.05) is 117 Å². The molecule has 17 rings (SSSR count). The number of carbonyl (C=O) groups is 4. The number of rotatable bonds is 11. The maximum Gasteiger partial charge on any atom is 0.272 e. The zero-order valence-corrected chi connectivity index (χ0v) is 59.2. The number of carbonyl (C=O) groups excluding carboxylic acids is 4. The number of anilines is 1. The van der Waals surface area contributed by atoms with E-state index in [4.69, 9.17) is 0 Å². The Bertz CT molecular complexity index is 5170. The summed E-state index contributed by atoms with van der Waals surface area (Å²) in [7, 11) is 0. The highest BCUT2D eigenvalue weighted by atomic mass is 19.1. The van der Waals surface area contributed by atoms with E-state index < -0.39 is 17.5 Å². The Hall–Kier alpha value is -10.6. The van der Waals surface area contributed by atoms with E-state index in [1.54, 1.807) is 65.6 Å². The Morgan fingerprint density at radius 2 is 0.726 bits per heavy atom. The van der Waals surface area contributed by atoms with Gasteiger partial charge in [0.1, 0.15) is 17.5 Å². The lowest BCUT2D eigenvalue weighted by Gasteiger charge is -2.40. The maximum absolute atomic E-state index is 14.9. The first-order chi connectivity index (χ1) is 50.9. The molecule has 21 heteroatoms. The second kappa shape index (κ2) is 30.5. The highest BCUT2D eigenvalue weighted by Gasteiger charge is 2.46. The van der Waals surface area contributed by atoms with Gasteiger partial charge in [-0.3, -0.25) is 33.6 Å². The minimum atomic E-state index is -0.533. The van der Waals surface area contributed by atoms with Crippen molar-refractivity contribution in [3.8, 4) is 0 Å². The molecule has 10 aromatic rings. The van der Waals surface area contributed by atoms with Gasteiger partial charge in [0, 0.05) is 112 Å². The number of benzene rings is 7. The van der Waals surface area contributed by atoms with Crippen LogP contribution in [0, 0.1) is 46.5 Å². The van der Waals surface area contributed by atoms with E-state index >= 15 is 0 Å². The molecule has 3 N–H and O–H groups in total. The summed E-state index contributed by atoms with van der Waals surface area (Å²) in [6.45, 7) is 9.50. The SMILES string of the molecule is C.Cc1ccc(N2CCC3(CCN(C(=O)c4cc(Cc5n[nH]c(=O)c6ccccc56)ccc4F)C3)CC2)cc1.O=C(c1cc(Cc2n[nH]c(=O)c3ccccc23)ccc1F)N1CCC2(CCCCC2)C1.O=C(c1cc(Cc2n[nH]c(=O)c3ccccc23)ccc1F)N1CCC2(CCN(C(=O)C3CC3)CC2)C1. The molecule has 4 amide bonds. The predicted molar refractivity (Wildman–Crippen MR) is 405 cm³/mol. The first-order valence-corrected chi connectivity index (χ1v) is 37.1. The number of amides is 4. The van der Waals surface area contributed by atoms with Gasteiger partial charge in [0.05, 0.1) is 49.9 Å². The Kier molecular flexibility index (Phi) is 20.8. The average molecular weight is 1430 g/mol. The zero-order valence-electron chi connectivity index (χ0n) is 59.2. The highest BCUT2D eigenvalue weighted by molar-refractivity contribution is 5.97. The van der Waals surface area contributed by atoms with E-state index in [0.29, 0.717) is 91.1 Å². The monoisotopic (exact) mass is 1430 g/mol. The number of nitrogens with zero attached hydrogens (tertiary/aromatic N) is 8. The normalized spacial score (nSPS) is 17.9. The number of hydrogen-bond donors (Lipinski definition) is 3. The first kappa shape index (κ1) is 72.4. The molecule has 106 heavy (non-hydrogen) atoms. The van der Waals surface area contributed by atoms with Crippen molar-refractivity contribution in [2.45, 2.75) is 124 Å². The standard InChI is InChI=1S/C31H31FN4O2.C28H29FN4O3.C25H26FN3O2.CH4/c1-21-6-9-23(10-7-21)35-15-12-31(13-16-35)14-17-36(20-31)30(38)26-18-22(8-11-27(26)32)19-28-24-4-2-3-5-25(24)29(37)34-33-28;29-23-8-5-18(16-24-20-3-1-2-4-21(20)25(34)31-30-24)15-22(23)27(36)33-14-11-28(17-33)9-12-32(13-10-28)26(35)19-6-7-19;26-21-9-8-17(15-22-18-6-2-3-7-19(18)23(30)28-27-22)14-20(21)24(31)29-13-12-25(16-29)10-4-1-5-11-25;/h2-11,18H,12-17,19-20H2,1H3,(H,34,37);1-5,8,15,19H,6-7,9-14,16-17H2,(H,31,34);2-3,6-9,14H,1,4-5,10-13,15-16H2,(H,28,30);1H4. The van der Waals surface area contributed by atoms with Gasteiger partial charge in [0.2, 0.25) is 5.91 Å². The van der Waals surface area contributed by atoms with Crippen molar-refractivity contribution in [1.29, 1.82) is 0 Å². The molecule has 2 saturated carbocycles. The largest absolute Gasteiger partial charge is 0.371 e. The van der Waals surface area contributed by atoms with Crippen LogP contribution in [0.15, 0.2) is 166 Å². The van der Waals surface area contributed by atoms with Crippen LogP contribution in [-0.4, -0.2) is 139 Å². The van der Waals surface area contributed by atoms with Crippen LogP contribution in [0.2, 0.25) is 0 Å². The molecule has 8 heterocycles. The molecule has 3 spiro atoms. The van der Waals surface area contributed by atoms with Crippen LogP contribution in [0.25, 0.3) is 32.3 Å². The summed E-state index contributed by atoms with van der Waals surface area (Å²) in [5.74, 6) is -1.76. The summed E-state index contributed by atoms with van der Waals surface area (Å²) in [5.41, 5.74) is 6.80. The Morgan fingerprint density at radius 1 is 0.406 bits per heavy atom. The molecular formula is C85H90F3N11O7. The fraction of sp³-hybridized carbons (Fsp3) is 0.388. The number of aryl methyl sites for hydroxylation is 1. The molecule has 0 bridgehead atoms. The summed E-state index contributed by atoms with van der Waals surface area (Å²) in [5, 5.41) is 24.2. The number of fused-ring (bicyclic) bond motifs is 3. The van der Waals surface area contributed by atoms with Crippen LogP contribution in [0.3, 0.4) is 0 Å². The molecule has 7 fully saturated rings. The fourth-order valence-corrected chi connectivity index (χ4v) is 17.2. The summed E-state index contributed by atoms with van der Waals surface area (Å²) >= 11 is 0. The van der Waals surface area contributed by atoms with Gasteiger partial charge in [-0.2, -0.15) is 15.3 Å². The number of aromatic nitrogens is 6. The lowest BCUT2D eigenvalue weighted by Crippen LogP contribution is -2.45. The number of H-pyrrole nitrogens is 3. The average Bonchev–Trinajstić information content (AvgIpc) is 1.58. The van der Waals surface area contributed by atoms with E-state index in [-0.39, 0.29) is 80.7 Å². The fourth-order valence-electron chi connectivity index (χ4n) is 17.2. The van der Waals surface area contributed by atoms with E-state index in [9.17, 15) is 46.7 Å². The second-order valence-corrected chi connectivity index (χ2v) is 30.5. The maximum atomic E-state index is 14.9. The lowest BCUT2D eigenvalue weighted by atomic mass is 9.73. The Labute approximate surface area is 613 Å². The molecule has 3 aromatic heterocycles. The van der Waals surface area contributed by atoms with E-state index in [1.165, 1.54) is 61.6 Å². The molecule has 18 nitrogen and oxygen atoms in total. The van der Waals surface area contributed by atoms with E-state index in [0.717, 1.165) is 123 Å². The third-order valence-electron chi connectivity index (χ3n) is 23.6. The van der Waals surface area contributed by atoms with Gasteiger partial charge >= 0.3 is 0 Å².